The highest BCUT2D eigenvalue weighted by molar-refractivity contribution is 5.27. The van der Waals surface area contributed by atoms with Gasteiger partial charge < -0.3 is 30.3 Å². The van der Waals surface area contributed by atoms with Gasteiger partial charge in [-0.3, -0.25) is 0 Å². The maximum atomic E-state index is 10.0. The second-order valence-electron chi connectivity index (χ2n) is 4.79. The smallest absolute Gasteiger partial charge is 0.160 e. The van der Waals surface area contributed by atoms with E-state index in [1.54, 1.807) is 12.1 Å². The Balaban J connectivity index is 2.04. The van der Waals surface area contributed by atoms with E-state index in [1.807, 2.05) is 0 Å². The molecule has 106 valence electrons. The number of phenols is 1. The highest BCUT2D eigenvalue weighted by Gasteiger charge is 2.38. The zero-order chi connectivity index (χ0) is 14.0. The third kappa shape index (κ3) is 3.23. The van der Waals surface area contributed by atoms with Crippen LogP contribution in [0.1, 0.15) is 18.1 Å². The molecule has 5 atom stereocenters. The van der Waals surface area contributed by atoms with Gasteiger partial charge in [0, 0.05) is 5.92 Å². The molecule has 1 aromatic rings. The number of rotatable bonds is 3. The summed E-state index contributed by atoms with van der Waals surface area (Å²) in [7, 11) is 0. The minimum atomic E-state index is -1.22. The number of phenolic OH excluding ortho intramolecular Hbond substituents is 1. The lowest BCUT2D eigenvalue weighted by Crippen LogP contribution is -2.49. The van der Waals surface area contributed by atoms with E-state index in [0.717, 1.165) is 0 Å². The van der Waals surface area contributed by atoms with Crippen molar-refractivity contribution in [1.29, 1.82) is 0 Å². The van der Waals surface area contributed by atoms with Crippen LogP contribution in [0.4, 0.5) is 0 Å². The Morgan fingerprint density at radius 1 is 1.16 bits per heavy atom. The van der Waals surface area contributed by atoms with Gasteiger partial charge >= 0.3 is 0 Å². The Labute approximate surface area is 110 Å². The molecule has 0 spiro atoms. The highest BCUT2D eigenvalue weighted by atomic mass is 16.6. The lowest BCUT2D eigenvalue weighted by molar-refractivity contribution is -0.235. The number of aliphatic hydroxyl groups is 4. The number of aliphatic hydroxyl groups excluding tert-OH is 4. The molecule has 0 aliphatic carbocycles. The van der Waals surface area contributed by atoms with E-state index in [1.165, 1.54) is 12.1 Å². The fourth-order valence-corrected chi connectivity index (χ4v) is 2.22. The molecule has 1 aromatic carbocycles. The molecular weight excluding hydrogens is 252 g/mol. The van der Waals surface area contributed by atoms with E-state index < -0.39 is 30.5 Å². The maximum absolute atomic E-state index is 10.0. The topological polar surface area (TPSA) is 110 Å². The van der Waals surface area contributed by atoms with Crippen LogP contribution in [-0.4, -0.2) is 50.6 Å². The van der Waals surface area contributed by atoms with Gasteiger partial charge in [-0.15, -0.1) is 0 Å². The van der Waals surface area contributed by atoms with Crippen LogP contribution in [-0.2, 0) is 4.74 Å². The zero-order valence-corrected chi connectivity index (χ0v) is 10.3. The number of aromatic hydroxyl groups is 1. The molecule has 1 aliphatic heterocycles. The van der Waals surface area contributed by atoms with Crippen molar-refractivity contribution < 1.29 is 30.3 Å². The normalized spacial score (nSPS) is 33.1. The average molecular weight is 270 g/mol. The fraction of sp³-hybridized carbons (Fsp3) is 0.538. The van der Waals surface area contributed by atoms with E-state index in [0.29, 0.717) is 5.56 Å². The van der Waals surface area contributed by atoms with E-state index in [9.17, 15) is 20.4 Å². The SMILES string of the molecule is Oc1ccc(C(O)C[C@H]2C(O)OC[C@H](O)[C@@H]2O)cc1. The molecule has 19 heavy (non-hydrogen) atoms. The molecule has 0 aromatic heterocycles. The first-order valence-electron chi connectivity index (χ1n) is 6.12. The van der Waals surface area contributed by atoms with Gasteiger partial charge in [-0.25, -0.2) is 0 Å². The van der Waals surface area contributed by atoms with Crippen LogP contribution in [0.3, 0.4) is 0 Å². The van der Waals surface area contributed by atoms with Crippen molar-refractivity contribution in [2.75, 3.05) is 6.61 Å². The fourth-order valence-electron chi connectivity index (χ4n) is 2.22. The van der Waals surface area contributed by atoms with Crippen LogP contribution in [0.25, 0.3) is 0 Å². The summed E-state index contributed by atoms with van der Waals surface area (Å²) in [6, 6.07) is 5.99. The summed E-state index contributed by atoms with van der Waals surface area (Å²) >= 11 is 0. The molecule has 6 nitrogen and oxygen atoms in total. The van der Waals surface area contributed by atoms with E-state index in [-0.39, 0.29) is 18.8 Å². The van der Waals surface area contributed by atoms with E-state index in [4.69, 9.17) is 9.84 Å². The minimum absolute atomic E-state index is 0.0458. The molecule has 5 N–H and O–H groups in total. The van der Waals surface area contributed by atoms with Crippen molar-refractivity contribution in [2.45, 2.75) is 31.0 Å². The Hall–Kier alpha value is -1.18. The van der Waals surface area contributed by atoms with Gasteiger partial charge in [0.05, 0.1) is 18.8 Å². The predicted molar refractivity (Wildman–Crippen MR) is 65.1 cm³/mol. The summed E-state index contributed by atoms with van der Waals surface area (Å²) in [6.45, 7) is -0.131. The summed E-state index contributed by atoms with van der Waals surface area (Å²) in [6.07, 6.45) is -4.31. The molecule has 1 heterocycles. The Kier molecular flexibility index (Phi) is 4.38. The van der Waals surface area contributed by atoms with Gasteiger partial charge in [0.1, 0.15) is 11.9 Å². The van der Waals surface area contributed by atoms with Crippen LogP contribution < -0.4 is 0 Å². The maximum Gasteiger partial charge on any atom is 0.160 e. The Morgan fingerprint density at radius 3 is 2.42 bits per heavy atom. The van der Waals surface area contributed by atoms with Crippen molar-refractivity contribution in [1.82, 2.24) is 0 Å². The third-order valence-corrected chi connectivity index (χ3v) is 3.41. The highest BCUT2D eigenvalue weighted by Crippen LogP contribution is 2.30. The monoisotopic (exact) mass is 270 g/mol. The number of hydrogen-bond acceptors (Lipinski definition) is 6. The van der Waals surface area contributed by atoms with Crippen molar-refractivity contribution >= 4 is 0 Å². The quantitative estimate of drug-likeness (QED) is 0.506. The summed E-state index contributed by atoms with van der Waals surface area (Å²) in [5.74, 6) is -0.681. The number of hydrogen-bond donors (Lipinski definition) is 5. The summed E-state index contributed by atoms with van der Waals surface area (Å²) in [5, 5.41) is 48.2. The molecule has 2 unspecified atom stereocenters. The van der Waals surface area contributed by atoms with Crippen molar-refractivity contribution in [2.24, 2.45) is 5.92 Å². The summed E-state index contributed by atoms with van der Waals surface area (Å²) < 4.78 is 4.92. The van der Waals surface area contributed by atoms with Gasteiger partial charge in [-0.1, -0.05) is 12.1 Å². The van der Waals surface area contributed by atoms with Crippen LogP contribution >= 0.6 is 0 Å². The zero-order valence-electron chi connectivity index (χ0n) is 10.3. The lowest BCUT2D eigenvalue weighted by atomic mass is 9.88. The molecule has 0 amide bonds. The first-order valence-corrected chi connectivity index (χ1v) is 6.12. The molecule has 2 rings (SSSR count). The third-order valence-electron chi connectivity index (χ3n) is 3.41. The first kappa shape index (κ1) is 14.2. The van der Waals surface area contributed by atoms with Crippen LogP contribution in [0, 0.1) is 5.92 Å². The number of ether oxygens (including phenoxy) is 1. The Bertz CT molecular complexity index is 406. The van der Waals surface area contributed by atoms with Crippen molar-refractivity contribution in [3.05, 3.63) is 29.8 Å². The molecular formula is C13H18O6. The van der Waals surface area contributed by atoms with Crippen molar-refractivity contribution in [3.8, 4) is 5.75 Å². The largest absolute Gasteiger partial charge is 0.508 e. The van der Waals surface area contributed by atoms with Gasteiger partial charge in [-0.2, -0.15) is 0 Å². The summed E-state index contributed by atoms with van der Waals surface area (Å²) in [5.41, 5.74) is 0.553. The van der Waals surface area contributed by atoms with Crippen LogP contribution in [0.2, 0.25) is 0 Å². The molecule has 6 heteroatoms. The summed E-state index contributed by atoms with van der Waals surface area (Å²) in [4.78, 5) is 0. The minimum Gasteiger partial charge on any atom is -0.508 e. The second-order valence-corrected chi connectivity index (χ2v) is 4.79. The van der Waals surface area contributed by atoms with Gasteiger partial charge in [0.15, 0.2) is 6.29 Å². The lowest BCUT2D eigenvalue weighted by Gasteiger charge is -2.36. The molecule has 0 bridgehead atoms. The van der Waals surface area contributed by atoms with Gasteiger partial charge in [-0.05, 0) is 24.1 Å². The van der Waals surface area contributed by atoms with E-state index >= 15 is 0 Å². The predicted octanol–water partition coefficient (Wildman–Crippen LogP) is -0.498. The first-order chi connectivity index (χ1) is 8.99. The number of benzene rings is 1. The van der Waals surface area contributed by atoms with Crippen LogP contribution in [0.5, 0.6) is 5.75 Å². The van der Waals surface area contributed by atoms with Gasteiger partial charge in [0.25, 0.3) is 0 Å². The van der Waals surface area contributed by atoms with Gasteiger partial charge in [0.2, 0.25) is 0 Å². The molecule has 0 radical (unpaired) electrons. The van der Waals surface area contributed by atoms with Crippen molar-refractivity contribution in [3.63, 3.8) is 0 Å². The molecule has 0 saturated carbocycles. The standard InChI is InChI=1S/C13H18O6/c14-8-3-1-7(2-4-8)10(15)5-9-12(17)11(16)6-19-13(9)18/h1-4,9-18H,5-6H2/t9-,10?,11+,12-,13?/m1/s1. The molecule has 1 fully saturated rings. The average Bonchev–Trinajstić information content (AvgIpc) is 2.40. The molecule has 1 saturated heterocycles. The van der Waals surface area contributed by atoms with E-state index in [2.05, 4.69) is 0 Å². The second kappa shape index (κ2) is 5.85. The van der Waals surface area contributed by atoms with Crippen LogP contribution in [0.15, 0.2) is 24.3 Å². The molecule has 1 aliphatic rings. The Morgan fingerprint density at radius 2 is 1.79 bits per heavy atom.